The van der Waals surface area contributed by atoms with Crippen molar-refractivity contribution in [1.82, 2.24) is 0 Å². The SMILES string of the molecule is CCc1cc2c(-c3c(C(F)(F)F)cc(C(F)(F)F)cc3C(F)(F)F)cccc2[cH-]1.CCc1cc2c(-c3c(C(F)(F)F)cc(C(F)(F)F)cc3C(F)(F)F)cccc2[cH-]1.C[SiH]C.[Cl-].[Cl-].[Zr+4]. The molecule has 0 aromatic heterocycles. The van der Waals surface area contributed by atoms with Crippen LogP contribution in [-0.2, 0) is 76.1 Å². The largest absolute Gasteiger partial charge is 4.00 e. The molecule has 0 spiro atoms. The van der Waals surface area contributed by atoms with Gasteiger partial charge in [-0.1, -0.05) is 50.2 Å². The van der Waals surface area contributed by atoms with Gasteiger partial charge in [-0.2, -0.15) is 91.2 Å². The summed E-state index contributed by atoms with van der Waals surface area (Å²) < 4.78 is 241. The number of hydrogen-bond donors (Lipinski definition) is 0. The van der Waals surface area contributed by atoms with Crippen LogP contribution in [0.1, 0.15) is 58.4 Å². The number of alkyl halides is 18. The van der Waals surface area contributed by atoms with Gasteiger partial charge in [0.25, 0.3) is 0 Å². The zero-order chi connectivity index (χ0) is 46.3. The zero-order valence-electron chi connectivity index (χ0n) is 33.1. The van der Waals surface area contributed by atoms with Gasteiger partial charge in [0, 0.05) is 9.52 Å². The van der Waals surface area contributed by atoms with E-state index >= 15 is 0 Å². The van der Waals surface area contributed by atoms with Gasteiger partial charge in [-0.3, -0.25) is 0 Å². The van der Waals surface area contributed by atoms with Gasteiger partial charge in [0.1, 0.15) is 0 Å². The predicted octanol–water partition coefficient (Wildman–Crippen LogP) is 10.2. The Morgan fingerprint density at radius 3 is 0.875 bits per heavy atom. The predicted molar refractivity (Wildman–Crippen MR) is 198 cm³/mol. The maximum Gasteiger partial charge on any atom is 4.00 e. The Kier molecular flexibility index (Phi) is 19.6. The van der Waals surface area contributed by atoms with Crippen molar-refractivity contribution < 1.29 is 130 Å². The molecule has 0 amide bonds. The molecule has 0 saturated heterocycles. The van der Waals surface area contributed by atoms with E-state index in [-0.39, 0.29) is 86.1 Å². The van der Waals surface area contributed by atoms with Crippen molar-refractivity contribution in [3.05, 3.63) is 129 Å². The fraction of sp³-hybridized carbons (Fsp3) is 0.286. The molecule has 6 rings (SSSR count). The van der Waals surface area contributed by atoms with Crippen molar-refractivity contribution in [3.8, 4) is 22.3 Å². The summed E-state index contributed by atoms with van der Waals surface area (Å²) in [5.74, 6) is 0. The second-order valence-corrected chi connectivity index (χ2v) is 14.7. The van der Waals surface area contributed by atoms with E-state index in [9.17, 15) is 79.0 Å². The molecule has 0 nitrogen and oxygen atoms in total. The van der Waals surface area contributed by atoms with Crippen molar-refractivity contribution in [1.29, 1.82) is 0 Å². The Labute approximate surface area is 387 Å². The Balaban J connectivity index is 0.000000577. The molecule has 0 unspecified atom stereocenters. The standard InChI is InChI=1S/2C20H12F9.C2H7Si.2ClH.Zr/c2*1-2-10-6-11-4-3-5-13(14(11)7-10)17-15(19(24,25)26)8-12(18(21,22)23)9-16(17)20(27,28)29;1-3-2;;;/h2*3-9H,2H2,1H3;3H,1-2H3;2*1H;/q2*-1;;;;+4/p-2. The third kappa shape index (κ3) is 13.3. The smallest absolute Gasteiger partial charge is 1.00 e. The molecule has 0 bridgehead atoms. The van der Waals surface area contributed by atoms with E-state index in [0.717, 1.165) is 21.7 Å². The van der Waals surface area contributed by atoms with Gasteiger partial charge in [-0.25, -0.2) is 0 Å². The van der Waals surface area contributed by atoms with E-state index in [1.54, 1.807) is 26.0 Å². The molecule has 0 saturated carbocycles. The van der Waals surface area contributed by atoms with E-state index < -0.39 is 92.7 Å². The Hall–Kier alpha value is -3.48. The van der Waals surface area contributed by atoms with E-state index in [0.29, 0.717) is 34.7 Å². The summed E-state index contributed by atoms with van der Waals surface area (Å²) in [6.45, 7) is 7.93. The summed E-state index contributed by atoms with van der Waals surface area (Å²) in [5, 5.41) is 1.03. The third-order valence-electron chi connectivity index (χ3n) is 9.13. The summed E-state index contributed by atoms with van der Waals surface area (Å²) in [7, 11) is 0.750. The Morgan fingerprint density at radius 2 is 0.672 bits per heavy atom. The van der Waals surface area contributed by atoms with Crippen LogP contribution in [0.5, 0.6) is 0 Å². The van der Waals surface area contributed by atoms with E-state index in [2.05, 4.69) is 13.1 Å². The average Bonchev–Trinajstić information content (AvgIpc) is 3.76. The van der Waals surface area contributed by atoms with Gasteiger partial charge in [0.2, 0.25) is 0 Å². The summed E-state index contributed by atoms with van der Waals surface area (Å²) in [4.78, 5) is 0. The van der Waals surface area contributed by atoms with Crippen molar-refractivity contribution in [2.24, 2.45) is 0 Å². The molecule has 0 aliphatic rings. The topological polar surface area (TPSA) is 0 Å². The minimum Gasteiger partial charge on any atom is -1.00 e. The van der Waals surface area contributed by atoms with Gasteiger partial charge < -0.3 is 24.8 Å². The van der Waals surface area contributed by atoms with E-state index in [1.165, 1.54) is 36.4 Å². The number of halogens is 20. The van der Waals surface area contributed by atoms with Crippen molar-refractivity contribution in [2.45, 2.75) is 76.8 Å². The molecule has 0 N–H and O–H groups in total. The van der Waals surface area contributed by atoms with Gasteiger partial charge in [-0.15, -0.1) is 69.1 Å². The molecule has 22 heteroatoms. The van der Waals surface area contributed by atoms with Crippen LogP contribution in [-0.4, -0.2) is 9.52 Å². The number of hydrogen-bond acceptors (Lipinski definition) is 0. The van der Waals surface area contributed by atoms with Gasteiger partial charge in [0.05, 0.1) is 33.4 Å². The molecular formula is C42H31Cl2F18SiZr. The van der Waals surface area contributed by atoms with Crippen LogP contribution in [0.2, 0.25) is 13.1 Å². The normalized spacial score (nSPS) is 12.3. The first-order chi connectivity index (χ1) is 27.9. The molecule has 0 heterocycles. The summed E-state index contributed by atoms with van der Waals surface area (Å²) in [6, 6.07) is 12.7. The first kappa shape index (κ1) is 58.5. The van der Waals surface area contributed by atoms with Crippen molar-refractivity contribution in [2.75, 3.05) is 0 Å². The molecule has 6 aromatic carbocycles. The zero-order valence-corrected chi connectivity index (χ0v) is 38.3. The molecule has 0 fully saturated rings. The number of fused-ring (bicyclic) bond motifs is 2. The van der Waals surface area contributed by atoms with Gasteiger partial charge in [-0.05, 0) is 48.2 Å². The minimum absolute atomic E-state index is 0. The minimum atomic E-state index is -5.43. The van der Waals surface area contributed by atoms with Crippen LogP contribution in [0.4, 0.5) is 79.0 Å². The number of aryl methyl sites for hydroxylation is 2. The first-order valence-electron chi connectivity index (χ1n) is 17.8. The molecule has 0 aliphatic heterocycles. The van der Waals surface area contributed by atoms with Crippen LogP contribution in [0.3, 0.4) is 0 Å². The Bertz CT molecular complexity index is 2240. The second kappa shape index (κ2) is 21.4. The molecule has 347 valence electrons. The molecular weight excluding hydrogens is 1040 g/mol. The van der Waals surface area contributed by atoms with E-state index in [4.69, 9.17) is 0 Å². The quantitative estimate of drug-likeness (QED) is 0.0938. The molecule has 6 aromatic rings. The van der Waals surface area contributed by atoms with Crippen LogP contribution >= 0.6 is 0 Å². The summed E-state index contributed by atoms with van der Waals surface area (Å²) in [6.07, 6.45) is -31.5. The van der Waals surface area contributed by atoms with Crippen LogP contribution < -0.4 is 24.8 Å². The third-order valence-corrected chi connectivity index (χ3v) is 9.13. The molecule has 0 atom stereocenters. The maximum absolute atomic E-state index is 13.6. The Morgan fingerprint density at radius 1 is 0.422 bits per heavy atom. The van der Waals surface area contributed by atoms with Gasteiger partial charge >= 0.3 is 63.3 Å². The first-order valence-corrected chi connectivity index (χ1v) is 20.1. The fourth-order valence-electron chi connectivity index (χ4n) is 6.52. The maximum atomic E-state index is 13.6. The monoisotopic (exact) mass is 1070 g/mol. The fourth-order valence-corrected chi connectivity index (χ4v) is 6.52. The van der Waals surface area contributed by atoms with Crippen molar-refractivity contribution >= 4 is 31.1 Å². The summed E-state index contributed by atoms with van der Waals surface area (Å²) in [5.41, 5.74) is -14.0. The van der Waals surface area contributed by atoms with Crippen LogP contribution in [0, 0.1) is 0 Å². The van der Waals surface area contributed by atoms with Crippen molar-refractivity contribution in [3.63, 3.8) is 0 Å². The molecule has 64 heavy (non-hydrogen) atoms. The van der Waals surface area contributed by atoms with Crippen LogP contribution in [0.15, 0.2) is 84.9 Å². The average molecular weight is 1070 g/mol. The second-order valence-electron chi connectivity index (χ2n) is 13.5. The van der Waals surface area contributed by atoms with Crippen LogP contribution in [0.25, 0.3) is 43.8 Å². The van der Waals surface area contributed by atoms with Gasteiger partial charge in [0.15, 0.2) is 0 Å². The molecule has 0 aliphatic carbocycles. The number of benzene rings is 4. The van der Waals surface area contributed by atoms with E-state index in [1.807, 2.05) is 0 Å². The summed E-state index contributed by atoms with van der Waals surface area (Å²) >= 11 is 0. The molecule has 1 radical (unpaired) electrons. The number of rotatable bonds is 4.